The van der Waals surface area contributed by atoms with Gasteiger partial charge in [-0.3, -0.25) is 14.9 Å². The Morgan fingerprint density at radius 3 is 2.52 bits per heavy atom. The predicted octanol–water partition coefficient (Wildman–Crippen LogP) is 5.26. The molecule has 0 aliphatic carbocycles. The van der Waals surface area contributed by atoms with E-state index < -0.39 is 23.4 Å². The zero-order valence-electron chi connectivity index (χ0n) is 17.0. The van der Waals surface area contributed by atoms with E-state index in [2.05, 4.69) is 10.3 Å². The lowest BCUT2D eigenvalue weighted by atomic mass is 10.0. The maximum absolute atomic E-state index is 12.9. The summed E-state index contributed by atoms with van der Waals surface area (Å²) in [5.41, 5.74) is 2.24. The van der Waals surface area contributed by atoms with E-state index in [1.54, 1.807) is 48.5 Å². The first-order chi connectivity index (χ1) is 15.9. The van der Waals surface area contributed by atoms with E-state index in [0.29, 0.717) is 21.6 Å². The predicted molar refractivity (Wildman–Crippen MR) is 124 cm³/mol. The van der Waals surface area contributed by atoms with E-state index in [1.165, 1.54) is 24.3 Å². The third kappa shape index (κ3) is 5.13. The summed E-state index contributed by atoms with van der Waals surface area (Å²) in [6.07, 6.45) is 0. The molecular formula is C24H16ClN3O5. The van der Waals surface area contributed by atoms with Crippen molar-refractivity contribution in [2.75, 3.05) is 11.9 Å². The molecule has 3 aromatic carbocycles. The fourth-order valence-corrected chi connectivity index (χ4v) is 3.34. The van der Waals surface area contributed by atoms with Gasteiger partial charge in [-0.2, -0.15) is 0 Å². The second-order valence-corrected chi connectivity index (χ2v) is 7.45. The Balaban J connectivity index is 1.54. The van der Waals surface area contributed by atoms with Crippen molar-refractivity contribution in [1.82, 2.24) is 4.98 Å². The molecule has 0 fully saturated rings. The van der Waals surface area contributed by atoms with Gasteiger partial charge in [0.2, 0.25) is 0 Å². The molecule has 0 saturated heterocycles. The zero-order chi connectivity index (χ0) is 23.4. The number of nitrogens with zero attached hydrogens (tertiary/aromatic N) is 2. The molecule has 1 amide bonds. The molecule has 164 valence electrons. The number of carbonyl (C=O) groups excluding carboxylic acids is 2. The molecular weight excluding hydrogens is 446 g/mol. The van der Waals surface area contributed by atoms with Crippen LogP contribution < -0.4 is 5.32 Å². The minimum atomic E-state index is -0.696. The van der Waals surface area contributed by atoms with Crippen LogP contribution in [0.1, 0.15) is 10.4 Å². The first kappa shape index (κ1) is 21.9. The Labute approximate surface area is 192 Å². The summed E-state index contributed by atoms with van der Waals surface area (Å²) in [4.78, 5) is 40.0. The van der Waals surface area contributed by atoms with Gasteiger partial charge in [0.25, 0.3) is 11.6 Å². The summed E-state index contributed by atoms with van der Waals surface area (Å²) in [5.74, 6) is -1.32. The number of hydrogen-bond donors (Lipinski definition) is 1. The number of halogens is 1. The SMILES string of the molecule is O=C(COC(=O)c1cc(-c2ccc(Cl)cc2)nc2ccccc12)Nc1cccc([N+](=O)[O-])c1. The van der Waals surface area contributed by atoms with Crippen LogP contribution in [0.5, 0.6) is 0 Å². The maximum atomic E-state index is 12.9. The molecule has 1 aromatic heterocycles. The second-order valence-electron chi connectivity index (χ2n) is 7.01. The summed E-state index contributed by atoms with van der Waals surface area (Å²) in [7, 11) is 0. The van der Waals surface area contributed by atoms with Crippen LogP contribution in [0, 0.1) is 10.1 Å². The average Bonchev–Trinajstić information content (AvgIpc) is 2.82. The number of anilines is 1. The van der Waals surface area contributed by atoms with Gasteiger partial charge in [-0.15, -0.1) is 0 Å². The molecule has 4 rings (SSSR count). The lowest BCUT2D eigenvalue weighted by Crippen LogP contribution is -2.21. The molecule has 0 radical (unpaired) electrons. The number of benzene rings is 3. The van der Waals surface area contributed by atoms with Gasteiger partial charge in [-0.05, 0) is 30.3 Å². The summed E-state index contributed by atoms with van der Waals surface area (Å²) in [6.45, 7) is -0.561. The standard InChI is InChI=1S/C24H16ClN3O5/c25-16-10-8-15(9-11-16)22-13-20(19-6-1-2-7-21(19)27-22)24(30)33-14-23(29)26-17-4-3-5-18(12-17)28(31)32/h1-13H,14H2,(H,26,29). The third-order valence-electron chi connectivity index (χ3n) is 4.75. The van der Waals surface area contributed by atoms with Gasteiger partial charge >= 0.3 is 5.97 Å². The van der Waals surface area contributed by atoms with Crippen molar-refractivity contribution < 1.29 is 19.2 Å². The third-order valence-corrected chi connectivity index (χ3v) is 5.00. The molecule has 0 spiro atoms. The number of carbonyl (C=O) groups is 2. The highest BCUT2D eigenvalue weighted by Crippen LogP contribution is 2.26. The maximum Gasteiger partial charge on any atom is 0.339 e. The minimum absolute atomic E-state index is 0.164. The highest BCUT2D eigenvalue weighted by atomic mass is 35.5. The molecule has 33 heavy (non-hydrogen) atoms. The number of nitro groups is 1. The van der Waals surface area contributed by atoms with E-state index in [4.69, 9.17) is 16.3 Å². The molecule has 0 aliphatic rings. The Morgan fingerprint density at radius 1 is 1.00 bits per heavy atom. The lowest BCUT2D eigenvalue weighted by Gasteiger charge is -2.10. The van der Waals surface area contributed by atoms with Crippen LogP contribution in [-0.4, -0.2) is 28.4 Å². The van der Waals surface area contributed by atoms with Gasteiger partial charge in [0, 0.05) is 33.8 Å². The summed E-state index contributed by atoms with van der Waals surface area (Å²) < 4.78 is 5.22. The number of para-hydroxylation sites is 1. The number of amides is 1. The van der Waals surface area contributed by atoms with Crippen molar-refractivity contribution in [2.24, 2.45) is 0 Å². The number of fused-ring (bicyclic) bond motifs is 1. The molecule has 0 unspecified atom stereocenters. The summed E-state index contributed by atoms with van der Waals surface area (Å²) in [5, 5.41) is 14.5. The number of hydrogen-bond acceptors (Lipinski definition) is 6. The van der Waals surface area contributed by atoms with Gasteiger partial charge in [0.1, 0.15) is 0 Å². The number of aromatic nitrogens is 1. The number of nitrogens with one attached hydrogen (secondary N) is 1. The summed E-state index contributed by atoms with van der Waals surface area (Å²) in [6, 6.07) is 21.2. The Bertz CT molecular complexity index is 1370. The Morgan fingerprint density at radius 2 is 1.76 bits per heavy atom. The molecule has 4 aromatic rings. The van der Waals surface area contributed by atoms with Crippen LogP contribution in [0.25, 0.3) is 22.2 Å². The smallest absolute Gasteiger partial charge is 0.339 e. The number of pyridine rings is 1. The molecule has 0 atom stereocenters. The van der Waals surface area contributed by atoms with Gasteiger partial charge in [0.05, 0.1) is 21.7 Å². The fourth-order valence-electron chi connectivity index (χ4n) is 3.22. The molecule has 1 heterocycles. The zero-order valence-corrected chi connectivity index (χ0v) is 17.8. The van der Waals surface area contributed by atoms with Gasteiger partial charge in [0.15, 0.2) is 6.61 Å². The van der Waals surface area contributed by atoms with E-state index in [1.807, 2.05) is 6.07 Å². The quantitative estimate of drug-likeness (QED) is 0.238. The van der Waals surface area contributed by atoms with Gasteiger partial charge in [-0.25, -0.2) is 9.78 Å². The summed E-state index contributed by atoms with van der Waals surface area (Å²) >= 11 is 5.96. The number of rotatable bonds is 6. The monoisotopic (exact) mass is 461 g/mol. The van der Waals surface area contributed by atoms with Crippen LogP contribution in [0.2, 0.25) is 5.02 Å². The molecule has 1 N–H and O–H groups in total. The van der Waals surface area contributed by atoms with E-state index in [0.717, 1.165) is 5.56 Å². The number of nitro benzene ring substituents is 1. The average molecular weight is 462 g/mol. The topological polar surface area (TPSA) is 111 Å². The fraction of sp³-hybridized carbons (Fsp3) is 0.0417. The highest BCUT2D eigenvalue weighted by molar-refractivity contribution is 6.30. The number of esters is 1. The van der Waals surface area contributed by atoms with Crippen molar-refractivity contribution >= 4 is 45.8 Å². The van der Waals surface area contributed by atoms with Gasteiger partial charge < -0.3 is 10.1 Å². The first-order valence-corrected chi connectivity index (χ1v) is 10.2. The van der Waals surface area contributed by atoms with E-state index in [-0.39, 0.29) is 16.9 Å². The van der Waals surface area contributed by atoms with Crippen molar-refractivity contribution in [3.63, 3.8) is 0 Å². The van der Waals surface area contributed by atoms with Gasteiger partial charge in [-0.1, -0.05) is 48.0 Å². The first-order valence-electron chi connectivity index (χ1n) is 9.78. The minimum Gasteiger partial charge on any atom is -0.452 e. The van der Waals surface area contributed by atoms with Crippen LogP contribution in [0.15, 0.2) is 78.9 Å². The Hall–Kier alpha value is -4.30. The highest BCUT2D eigenvalue weighted by Gasteiger charge is 2.17. The van der Waals surface area contributed by atoms with E-state index in [9.17, 15) is 19.7 Å². The Kier molecular flexibility index (Phi) is 6.28. The molecule has 0 bridgehead atoms. The van der Waals surface area contributed by atoms with Crippen LogP contribution >= 0.6 is 11.6 Å². The second kappa shape index (κ2) is 9.46. The number of ether oxygens (including phenoxy) is 1. The lowest BCUT2D eigenvalue weighted by molar-refractivity contribution is -0.384. The largest absolute Gasteiger partial charge is 0.452 e. The molecule has 0 saturated carbocycles. The van der Waals surface area contributed by atoms with Crippen molar-refractivity contribution in [3.8, 4) is 11.3 Å². The van der Waals surface area contributed by atoms with Crippen molar-refractivity contribution in [3.05, 3.63) is 99.6 Å². The molecule has 0 aliphatic heterocycles. The molecule has 8 nitrogen and oxygen atoms in total. The van der Waals surface area contributed by atoms with Crippen LogP contribution in [0.3, 0.4) is 0 Å². The van der Waals surface area contributed by atoms with Crippen LogP contribution in [-0.2, 0) is 9.53 Å². The molecule has 9 heteroatoms. The number of non-ortho nitro benzene ring substituents is 1. The van der Waals surface area contributed by atoms with E-state index >= 15 is 0 Å². The normalized spacial score (nSPS) is 10.6. The van der Waals surface area contributed by atoms with Crippen molar-refractivity contribution in [1.29, 1.82) is 0 Å². The van der Waals surface area contributed by atoms with Crippen LogP contribution in [0.4, 0.5) is 11.4 Å². The van der Waals surface area contributed by atoms with Crippen molar-refractivity contribution in [2.45, 2.75) is 0 Å².